The third kappa shape index (κ3) is 1.94. The first-order valence-electron chi connectivity index (χ1n) is 9.65. The van der Waals surface area contributed by atoms with Gasteiger partial charge in [0.2, 0.25) is 0 Å². The molecule has 4 rings (SSSR count). The van der Waals surface area contributed by atoms with E-state index in [2.05, 4.69) is 94.9 Å². The minimum absolute atomic E-state index is 0.0542. The molecule has 2 nitrogen and oxygen atoms in total. The Kier molecular flexibility index (Phi) is 3.56. The quantitative estimate of drug-likeness (QED) is 0.778. The van der Waals surface area contributed by atoms with E-state index in [1.54, 1.807) is 0 Å². The standard InChI is InChI=1S/C24H30NO/c1-7-12-25-14-16-13-19(22(2,3)4)17-10-8-9-11-18(17)21(16)23(5)20(15-26)24(23,25)6/h7-14,20,26H,15H2,1-6H3/q+1/b12-7-. The first kappa shape index (κ1) is 17.5. The molecule has 0 amide bonds. The molecular weight excluding hydrogens is 318 g/mol. The summed E-state index contributed by atoms with van der Waals surface area (Å²) in [6, 6.07) is 11.2. The first-order valence-corrected chi connectivity index (χ1v) is 9.65. The number of nitrogens with zero attached hydrogens (tertiary/aromatic N) is 1. The van der Waals surface area contributed by atoms with Crippen molar-refractivity contribution in [3.8, 4) is 0 Å². The van der Waals surface area contributed by atoms with Crippen molar-refractivity contribution in [1.29, 1.82) is 0 Å². The average Bonchev–Trinajstić information content (AvgIpc) is 3.10. The summed E-state index contributed by atoms with van der Waals surface area (Å²) in [5.41, 5.74) is 4.03. The van der Waals surface area contributed by atoms with Crippen molar-refractivity contribution in [2.24, 2.45) is 5.92 Å². The number of fused-ring (bicyclic) bond motifs is 5. The third-order valence-corrected chi connectivity index (χ3v) is 7.05. The number of hydrogen-bond acceptors (Lipinski definition) is 1. The van der Waals surface area contributed by atoms with Gasteiger partial charge in [-0.25, -0.2) is 0 Å². The van der Waals surface area contributed by atoms with E-state index in [1.807, 2.05) is 0 Å². The molecule has 1 N–H and O–H groups in total. The van der Waals surface area contributed by atoms with Crippen LogP contribution in [0.2, 0.25) is 0 Å². The predicted molar refractivity (Wildman–Crippen MR) is 109 cm³/mol. The molecule has 3 atom stereocenters. The van der Waals surface area contributed by atoms with Gasteiger partial charge in [0.05, 0.1) is 17.9 Å². The fourth-order valence-corrected chi connectivity index (χ4v) is 5.46. The third-order valence-electron chi connectivity index (χ3n) is 7.05. The maximum Gasteiger partial charge on any atom is 0.181 e. The molecule has 1 fully saturated rings. The van der Waals surface area contributed by atoms with Gasteiger partial charge in [0.25, 0.3) is 0 Å². The minimum Gasteiger partial charge on any atom is -0.396 e. The van der Waals surface area contributed by atoms with Crippen molar-refractivity contribution in [2.75, 3.05) is 6.61 Å². The van der Waals surface area contributed by atoms with Crippen LogP contribution >= 0.6 is 0 Å². The molecule has 2 heteroatoms. The van der Waals surface area contributed by atoms with Crippen LogP contribution in [0.15, 0.2) is 42.6 Å². The lowest BCUT2D eigenvalue weighted by molar-refractivity contribution is -0.518. The minimum atomic E-state index is -0.0761. The van der Waals surface area contributed by atoms with Crippen LogP contribution in [0.1, 0.15) is 58.2 Å². The Balaban J connectivity index is 2.13. The summed E-state index contributed by atoms with van der Waals surface area (Å²) in [4.78, 5) is 0. The zero-order valence-corrected chi connectivity index (χ0v) is 16.8. The van der Waals surface area contributed by atoms with E-state index in [1.165, 1.54) is 27.5 Å². The van der Waals surface area contributed by atoms with Gasteiger partial charge in [0.15, 0.2) is 18.0 Å². The Labute approximate surface area is 156 Å². The molecule has 136 valence electrons. The second-order valence-electron chi connectivity index (χ2n) is 9.29. The number of allylic oxidation sites excluding steroid dienone is 1. The zero-order chi connectivity index (χ0) is 18.9. The summed E-state index contributed by atoms with van der Waals surface area (Å²) in [5, 5.41) is 12.9. The molecule has 1 aliphatic carbocycles. The molecule has 0 radical (unpaired) electrons. The van der Waals surface area contributed by atoms with E-state index in [4.69, 9.17) is 0 Å². The van der Waals surface area contributed by atoms with Crippen molar-refractivity contribution < 1.29 is 9.68 Å². The summed E-state index contributed by atoms with van der Waals surface area (Å²) in [5.74, 6) is 0.229. The summed E-state index contributed by atoms with van der Waals surface area (Å²) in [6.07, 6.45) is 6.53. The molecule has 0 spiro atoms. The van der Waals surface area contributed by atoms with Crippen LogP contribution in [-0.2, 0) is 10.8 Å². The number of rotatable bonds is 2. The molecular formula is C24H30NO+. The summed E-state index contributed by atoms with van der Waals surface area (Å²) in [6.45, 7) is 13.7. The topological polar surface area (TPSA) is 23.2 Å². The number of hydrogen-bond donors (Lipinski definition) is 1. The zero-order valence-electron chi connectivity index (χ0n) is 16.8. The van der Waals surface area contributed by atoms with Gasteiger partial charge in [-0.15, -0.1) is 0 Å². The van der Waals surface area contributed by atoms with Crippen molar-refractivity contribution >= 4 is 17.0 Å². The molecule has 26 heavy (non-hydrogen) atoms. The van der Waals surface area contributed by atoms with Crippen molar-refractivity contribution in [1.82, 2.24) is 0 Å². The Morgan fingerprint density at radius 1 is 1.15 bits per heavy atom. The molecule has 1 aliphatic heterocycles. The highest BCUT2D eigenvalue weighted by molar-refractivity contribution is 5.99. The molecule has 0 bridgehead atoms. The molecule has 2 aromatic carbocycles. The second kappa shape index (κ2) is 5.29. The lowest BCUT2D eigenvalue weighted by atomic mass is 9.76. The van der Waals surface area contributed by atoms with E-state index in [-0.39, 0.29) is 28.9 Å². The molecule has 3 unspecified atom stereocenters. The van der Waals surface area contributed by atoms with Crippen LogP contribution in [0.5, 0.6) is 0 Å². The van der Waals surface area contributed by atoms with Gasteiger partial charge in [0.1, 0.15) is 0 Å². The fourth-order valence-electron chi connectivity index (χ4n) is 5.46. The highest BCUT2D eigenvalue weighted by Gasteiger charge is 2.81. The van der Waals surface area contributed by atoms with E-state index >= 15 is 0 Å². The van der Waals surface area contributed by atoms with Crippen molar-refractivity contribution in [2.45, 2.75) is 57.9 Å². The SMILES string of the molecule is C/C=C\[N+]1=Cc2cc(C(C)(C)C)c3ccccc3c2C2(C)C(CO)C12C. The van der Waals surface area contributed by atoms with Crippen molar-refractivity contribution in [3.63, 3.8) is 0 Å². The Morgan fingerprint density at radius 2 is 1.81 bits per heavy atom. The Bertz CT molecular complexity index is 962. The highest BCUT2D eigenvalue weighted by atomic mass is 16.3. The van der Waals surface area contributed by atoms with Crippen LogP contribution in [0.3, 0.4) is 0 Å². The predicted octanol–water partition coefficient (Wildman–Crippen LogP) is 4.75. The fraction of sp³-hybridized carbons (Fsp3) is 0.458. The molecule has 2 aromatic rings. The number of aliphatic hydroxyl groups excluding tert-OH is 1. The van der Waals surface area contributed by atoms with E-state index in [0.29, 0.717) is 0 Å². The van der Waals surface area contributed by atoms with Gasteiger partial charge in [-0.2, -0.15) is 4.58 Å². The summed E-state index contributed by atoms with van der Waals surface area (Å²) in [7, 11) is 0. The lowest BCUT2D eigenvalue weighted by Crippen LogP contribution is -2.35. The van der Waals surface area contributed by atoms with Gasteiger partial charge in [-0.3, -0.25) is 0 Å². The van der Waals surface area contributed by atoms with Crippen LogP contribution in [0.4, 0.5) is 0 Å². The van der Waals surface area contributed by atoms with Crippen molar-refractivity contribution in [3.05, 3.63) is 59.3 Å². The van der Waals surface area contributed by atoms with Gasteiger partial charge < -0.3 is 5.11 Å². The summed E-state index contributed by atoms with van der Waals surface area (Å²) < 4.78 is 2.33. The first-order chi connectivity index (χ1) is 12.2. The molecule has 0 aromatic heterocycles. The largest absolute Gasteiger partial charge is 0.396 e. The van der Waals surface area contributed by atoms with Gasteiger partial charge in [-0.1, -0.05) is 45.0 Å². The Morgan fingerprint density at radius 3 is 2.38 bits per heavy atom. The molecule has 1 heterocycles. The molecule has 2 aliphatic rings. The average molecular weight is 349 g/mol. The smallest absolute Gasteiger partial charge is 0.181 e. The van der Waals surface area contributed by atoms with Crippen LogP contribution in [0, 0.1) is 5.92 Å². The van der Waals surface area contributed by atoms with Crippen LogP contribution in [0.25, 0.3) is 10.8 Å². The highest BCUT2D eigenvalue weighted by Crippen LogP contribution is 2.67. The number of benzene rings is 2. The van der Waals surface area contributed by atoms with E-state index in [9.17, 15) is 5.11 Å². The maximum atomic E-state index is 10.2. The maximum absolute atomic E-state index is 10.2. The summed E-state index contributed by atoms with van der Waals surface area (Å²) >= 11 is 0. The van der Waals surface area contributed by atoms with Gasteiger partial charge >= 0.3 is 0 Å². The number of aliphatic hydroxyl groups is 1. The van der Waals surface area contributed by atoms with Gasteiger partial charge in [-0.05, 0) is 53.3 Å². The molecule has 1 saturated carbocycles. The van der Waals surface area contributed by atoms with E-state index in [0.717, 1.165) is 0 Å². The molecule has 0 saturated heterocycles. The second-order valence-corrected chi connectivity index (χ2v) is 9.29. The normalized spacial score (nSPS) is 30.3. The van der Waals surface area contributed by atoms with E-state index < -0.39 is 0 Å². The lowest BCUT2D eigenvalue weighted by Gasteiger charge is -2.28. The van der Waals surface area contributed by atoms with Crippen LogP contribution in [-0.4, -0.2) is 28.0 Å². The monoisotopic (exact) mass is 348 g/mol. The van der Waals surface area contributed by atoms with Gasteiger partial charge in [0, 0.05) is 12.5 Å². The Hall–Kier alpha value is -1.93. The van der Waals surface area contributed by atoms with Crippen LogP contribution < -0.4 is 0 Å².